The van der Waals surface area contributed by atoms with Crippen LogP contribution in [0.25, 0.3) is 11.5 Å². The summed E-state index contributed by atoms with van der Waals surface area (Å²) in [6.45, 7) is 2.01. The number of hydrogen-bond acceptors (Lipinski definition) is 5. The summed E-state index contributed by atoms with van der Waals surface area (Å²) in [6, 6.07) is 3.14. The average molecular weight is 327 g/mol. The number of aromatic amines is 1. The summed E-state index contributed by atoms with van der Waals surface area (Å²) in [4.78, 5) is 11.0. The summed E-state index contributed by atoms with van der Waals surface area (Å²) in [5, 5.41) is 9.03. The van der Waals surface area contributed by atoms with Crippen molar-refractivity contribution in [3.8, 4) is 11.5 Å². The van der Waals surface area contributed by atoms with Crippen LogP contribution in [0.1, 0.15) is 19.8 Å². The summed E-state index contributed by atoms with van der Waals surface area (Å²) < 4.78 is 18.8. The van der Waals surface area contributed by atoms with Gasteiger partial charge in [0.25, 0.3) is 0 Å². The Labute approximate surface area is 130 Å². The number of nitrogens with two attached hydrogens (primary N) is 1. The fraction of sp³-hybridized carbons (Fsp3) is 0.429. The van der Waals surface area contributed by atoms with E-state index in [2.05, 4.69) is 15.5 Å². The Morgan fingerprint density at radius 2 is 2.27 bits per heavy atom. The van der Waals surface area contributed by atoms with Crippen LogP contribution in [0.4, 0.5) is 10.1 Å². The van der Waals surface area contributed by atoms with Gasteiger partial charge in [-0.2, -0.15) is 0 Å². The molecule has 0 aliphatic heterocycles. The van der Waals surface area contributed by atoms with Crippen LogP contribution in [-0.2, 0) is 0 Å². The first-order valence-electron chi connectivity index (χ1n) is 7.01. The Hall–Kier alpha value is -1.86. The molecule has 0 radical (unpaired) electrons. The van der Waals surface area contributed by atoms with Crippen molar-refractivity contribution in [3.63, 3.8) is 0 Å². The van der Waals surface area contributed by atoms with E-state index in [1.807, 2.05) is 6.92 Å². The van der Waals surface area contributed by atoms with Gasteiger partial charge in [0.1, 0.15) is 5.82 Å². The zero-order chi connectivity index (χ0) is 15.9. The Balaban J connectivity index is 1.86. The standard InChI is InChI=1S/C14H16ClFN4O2/c1-6(7-2-9(17)3-7)18-11-5-8(4-10(16)12(11)15)13-19-20-14(21)22-13/h4-7,9,18H,2-3,17H2,1H3,(H,20,21)/t6-,7?,9?/m0/s1. The Bertz CT molecular complexity index is 739. The van der Waals surface area contributed by atoms with Crippen LogP contribution in [0.5, 0.6) is 0 Å². The highest BCUT2D eigenvalue weighted by atomic mass is 35.5. The molecule has 1 aliphatic carbocycles. The third kappa shape index (κ3) is 2.86. The van der Waals surface area contributed by atoms with E-state index in [0.717, 1.165) is 12.8 Å². The Morgan fingerprint density at radius 1 is 1.55 bits per heavy atom. The van der Waals surface area contributed by atoms with Gasteiger partial charge < -0.3 is 15.5 Å². The number of nitrogens with one attached hydrogen (secondary N) is 2. The summed E-state index contributed by atoms with van der Waals surface area (Å²) in [6.07, 6.45) is 1.87. The van der Waals surface area contributed by atoms with Gasteiger partial charge in [-0.1, -0.05) is 11.6 Å². The van der Waals surface area contributed by atoms with E-state index in [1.54, 1.807) is 6.07 Å². The molecule has 1 aromatic heterocycles. The van der Waals surface area contributed by atoms with E-state index in [0.29, 0.717) is 17.2 Å². The van der Waals surface area contributed by atoms with Crippen molar-refractivity contribution >= 4 is 17.3 Å². The molecule has 0 spiro atoms. The predicted octanol–water partition coefficient (Wildman–Crippen LogP) is 2.36. The highest BCUT2D eigenvalue weighted by molar-refractivity contribution is 6.33. The maximum atomic E-state index is 14.0. The van der Waals surface area contributed by atoms with Crippen LogP contribution < -0.4 is 16.8 Å². The number of aromatic nitrogens is 2. The van der Waals surface area contributed by atoms with Crippen LogP contribution in [0, 0.1) is 11.7 Å². The van der Waals surface area contributed by atoms with Crippen LogP contribution in [0.15, 0.2) is 21.3 Å². The Morgan fingerprint density at radius 3 is 2.86 bits per heavy atom. The number of halogens is 2. The van der Waals surface area contributed by atoms with E-state index in [9.17, 15) is 9.18 Å². The van der Waals surface area contributed by atoms with Crippen molar-refractivity contribution in [1.82, 2.24) is 10.2 Å². The number of rotatable bonds is 4. The smallest absolute Gasteiger partial charge is 0.388 e. The third-order valence-corrected chi connectivity index (χ3v) is 4.40. The number of anilines is 1. The largest absolute Gasteiger partial charge is 0.434 e. The van der Waals surface area contributed by atoms with E-state index in [1.165, 1.54) is 6.07 Å². The maximum absolute atomic E-state index is 14.0. The van der Waals surface area contributed by atoms with Crippen LogP contribution in [0.3, 0.4) is 0 Å². The SMILES string of the molecule is C[C@H](Nc1cc(-c2n[nH]c(=O)o2)cc(F)c1Cl)C1CC(N)C1. The lowest BCUT2D eigenvalue weighted by Crippen LogP contribution is -2.43. The van der Waals surface area contributed by atoms with Gasteiger partial charge in [-0.3, -0.25) is 0 Å². The van der Waals surface area contributed by atoms with Gasteiger partial charge in [0.05, 0.1) is 10.7 Å². The first-order chi connectivity index (χ1) is 10.4. The Kier molecular flexibility index (Phi) is 3.92. The zero-order valence-electron chi connectivity index (χ0n) is 11.9. The minimum atomic E-state index is -0.698. The molecule has 1 heterocycles. The van der Waals surface area contributed by atoms with Crippen LogP contribution >= 0.6 is 11.6 Å². The monoisotopic (exact) mass is 326 g/mol. The summed E-state index contributed by atoms with van der Waals surface area (Å²) >= 11 is 6.01. The van der Waals surface area contributed by atoms with Crippen LogP contribution in [-0.4, -0.2) is 22.3 Å². The molecule has 8 heteroatoms. The fourth-order valence-corrected chi connectivity index (χ4v) is 2.81. The lowest BCUT2D eigenvalue weighted by atomic mass is 9.76. The van der Waals surface area contributed by atoms with Crippen molar-refractivity contribution in [3.05, 3.63) is 33.5 Å². The molecule has 1 atom stereocenters. The second-order valence-electron chi connectivity index (χ2n) is 5.66. The molecule has 0 saturated heterocycles. The zero-order valence-corrected chi connectivity index (χ0v) is 12.7. The molecule has 4 N–H and O–H groups in total. The molecule has 0 unspecified atom stereocenters. The van der Waals surface area contributed by atoms with Crippen molar-refractivity contribution < 1.29 is 8.81 Å². The quantitative estimate of drug-likeness (QED) is 0.801. The summed E-state index contributed by atoms with van der Waals surface area (Å²) in [5.41, 5.74) is 6.56. The fourth-order valence-electron chi connectivity index (χ4n) is 2.65. The molecular formula is C14H16ClFN4O2. The molecule has 0 bridgehead atoms. The van der Waals surface area contributed by atoms with Gasteiger partial charge in [0, 0.05) is 17.6 Å². The van der Waals surface area contributed by atoms with Crippen LogP contribution in [0.2, 0.25) is 5.02 Å². The van der Waals surface area contributed by atoms with Gasteiger partial charge >= 0.3 is 5.76 Å². The number of nitrogens with zero attached hydrogens (tertiary/aromatic N) is 1. The molecule has 118 valence electrons. The van der Waals surface area contributed by atoms with Gasteiger partial charge in [0.15, 0.2) is 0 Å². The molecular weight excluding hydrogens is 311 g/mol. The molecule has 2 aromatic rings. The van der Waals surface area contributed by atoms with Gasteiger partial charge in [-0.15, -0.1) is 5.10 Å². The van der Waals surface area contributed by atoms with E-state index < -0.39 is 11.6 Å². The number of hydrogen-bond donors (Lipinski definition) is 3. The lowest BCUT2D eigenvalue weighted by molar-refractivity contribution is 0.241. The molecule has 1 fully saturated rings. The first-order valence-corrected chi connectivity index (χ1v) is 7.39. The second-order valence-corrected chi connectivity index (χ2v) is 6.04. The second kappa shape index (κ2) is 5.73. The highest BCUT2D eigenvalue weighted by Gasteiger charge is 2.31. The van der Waals surface area contributed by atoms with Crippen molar-refractivity contribution in [2.24, 2.45) is 11.7 Å². The predicted molar refractivity (Wildman–Crippen MR) is 81.3 cm³/mol. The summed E-state index contributed by atoms with van der Waals surface area (Å²) in [5.74, 6) is -0.857. The molecule has 1 aliphatic rings. The minimum Gasteiger partial charge on any atom is -0.388 e. The molecule has 1 aromatic carbocycles. The molecule has 0 amide bonds. The van der Waals surface area contributed by atoms with Crippen molar-refractivity contribution in [1.29, 1.82) is 0 Å². The topological polar surface area (TPSA) is 96.9 Å². The summed E-state index contributed by atoms with van der Waals surface area (Å²) in [7, 11) is 0. The maximum Gasteiger partial charge on any atom is 0.434 e. The van der Waals surface area contributed by atoms with Crippen molar-refractivity contribution in [2.75, 3.05) is 5.32 Å². The van der Waals surface area contributed by atoms with Gasteiger partial charge in [0.2, 0.25) is 5.89 Å². The third-order valence-electron chi connectivity index (χ3n) is 4.01. The highest BCUT2D eigenvalue weighted by Crippen LogP contribution is 2.34. The average Bonchev–Trinajstić information content (AvgIpc) is 2.86. The minimum absolute atomic E-state index is 0.00268. The molecule has 3 rings (SSSR count). The van der Waals surface area contributed by atoms with Gasteiger partial charge in [-0.05, 0) is 37.8 Å². The van der Waals surface area contributed by atoms with E-state index in [4.69, 9.17) is 21.8 Å². The van der Waals surface area contributed by atoms with E-state index in [-0.39, 0.29) is 23.0 Å². The molecule has 22 heavy (non-hydrogen) atoms. The van der Waals surface area contributed by atoms with Gasteiger partial charge in [-0.25, -0.2) is 14.3 Å². The lowest BCUT2D eigenvalue weighted by Gasteiger charge is -2.37. The van der Waals surface area contributed by atoms with E-state index >= 15 is 0 Å². The number of benzene rings is 1. The van der Waals surface area contributed by atoms with Crippen molar-refractivity contribution in [2.45, 2.75) is 31.8 Å². The number of H-pyrrole nitrogens is 1. The normalized spacial score (nSPS) is 22.2. The first kappa shape index (κ1) is 15.1. The molecule has 1 saturated carbocycles. The molecule has 6 nitrogen and oxygen atoms in total.